The fraction of sp³-hybridized carbons (Fsp3) is 1.00. The van der Waals surface area contributed by atoms with Crippen LogP contribution in [0.4, 0.5) is 0 Å². The van der Waals surface area contributed by atoms with Crippen molar-refractivity contribution < 1.29 is 4.74 Å². The van der Waals surface area contributed by atoms with E-state index in [1.165, 1.54) is 12.8 Å². The standard InChI is InChI=1S/C10H22N2O/c1-9-4-5-10(13-9)8-11-6-7-12(2)3/h9-11H,4-8H2,1-3H3. The zero-order chi connectivity index (χ0) is 9.68. The van der Waals surface area contributed by atoms with Gasteiger partial charge in [0.1, 0.15) is 0 Å². The van der Waals surface area contributed by atoms with Gasteiger partial charge in [-0.3, -0.25) is 0 Å². The minimum Gasteiger partial charge on any atom is -0.374 e. The molecule has 0 aromatic carbocycles. The lowest BCUT2D eigenvalue weighted by atomic mass is 10.2. The van der Waals surface area contributed by atoms with Crippen molar-refractivity contribution in [1.82, 2.24) is 10.2 Å². The number of hydrogen-bond acceptors (Lipinski definition) is 3. The molecule has 78 valence electrons. The zero-order valence-electron chi connectivity index (χ0n) is 9.05. The second-order valence-electron chi connectivity index (χ2n) is 4.15. The van der Waals surface area contributed by atoms with Crippen LogP contribution < -0.4 is 5.32 Å². The van der Waals surface area contributed by atoms with E-state index in [4.69, 9.17) is 4.74 Å². The summed E-state index contributed by atoms with van der Waals surface area (Å²) in [7, 11) is 4.19. The van der Waals surface area contributed by atoms with E-state index in [0.717, 1.165) is 19.6 Å². The summed E-state index contributed by atoms with van der Waals surface area (Å²) in [5.41, 5.74) is 0. The van der Waals surface area contributed by atoms with Crippen LogP contribution in [0.5, 0.6) is 0 Å². The van der Waals surface area contributed by atoms with Crippen LogP contribution in [0.2, 0.25) is 0 Å². The van der Waals surface area contributed by atoms with E-state index in [1.807, 2.05) is 0 Å². The lowest BCUT2D eigenvalue weighted by molar-refractivity contribution is 0.0559. The molecule has 0 saturated carbocycles. The minimum absolute atomic E-state index is 0.456. The first kappa shape index (κ1) is 11.0. The Morgan fingerprint density at radius 1 is 1.38 bits per heavy atom. The summed E-state index contributed by atoms with van der Waals surface area (Å²) in [6, 6.07) is 0. The number of hydrogen-bond donors (Lipinski definition) is 1. The van der Waals surface area contributed by atoms with Crippen molar-refractivity contribution in [2.24, 2.45) is 0 Å². The number of nitrogens with one attached hydrogen (secondary N) is 1. The Hall–Kier alpha value is -0.120. The molecule has 1 aliphatic heterocycles. The van der Waals surface area contributed by atoms with E-state index >= 15 is 0 Å². The molecule has 0 amide bonds. The van der Waals surface area contributed by atoms with Crippen LogP contribution in [0.25, 0.3) is 0 Å². The predicted molar refractivity (Wildman–Crippen MR) is 55.0 cm³/mol. The van der Waals surface area contributed by atoms with Crippen molar-refractivity contribution in [3.8, 4) is 0 Å². The number of nitrogens with zero attached hydrogens (tertiary/aromatic N) is 1. The molecule has 0 aliphatic carbocycles. The van der Waals surface area contributed by atoms with Gasteiger partial charge in [-0.05, 0) is 33.9 Å². The summed E-state index contributed by atoms with van der Waals surface area (Å²) < 4.78 is 5.69. The molecule has 2 unspecified atom stereocenters. The Morgan fingerprint density at radius 2 is 2.15 bits per heavy atom. The highest BCUT2D eigenvalue weighted by molar-refractivity contribution is 4.72. The summed E-state index contributed by atoms with van der Waals surface area (Å²) in [4.78, 5) is 2.19. The third-order valence-corrected chi connectivity index (χ3v) is 2.43. The molecule has 0 aromatic heterocycles. The Morgan fingerprint density at radius 3 is 2.69 bits per heavy atom. The smallest absolute Gasteiger partial charge is 0.0704 e. The van der Waals surface area contributed by atoms with Crippen molar-refractivity contribution >= 4 is 0 Å². The number of ether oxygens (including phenoxy) is 1. The van der Waals surface area contributed by atoms with Gasteiger partial charge in [0.15, 0.2) is 0 Å². The Labute approximate surface area is 81.4 Å². The normalized spacial score (nSPS) is 28.6. The molecule has 3 nitrogen and oxygen atoms in total. The number of likely N-dealkylation sites (N-methyl/N-ethyl adjacent to an activating group) is 1. The fourth-order valence-electron chi connectivity index (χ4n) is 1.60. The molecule has 13 heavy (non-hydrogen) atoms. The van der Waals surface area contributed by atoms with Crippen molar-refractivity contribution in [3.05, 3.63) is 0 Å². The lowest BCUT2D eigenvalue weighted by Gasteiger charge is -2.14. The summed E-state index contributed by atoms with van der Waals surface area (Å²) >= 11 is 0. The minimum atomic E-state index is 0.456. The first-order chi connectivity index (χ1) is 6.18. The maximum Gasteiger partial charge on any atom is 0.0704 e. The lowest BCUT2D eigenvalue weighted by Crippen LogP contribution is -2.32. The van der Waals surface area contributed by atoms with E-state index < -0.39 is 0 Å². The van der Waals surface area contributed by atoms with Gasteiger partial charge in [0.05, 0.1) is 12.2 Å². The van der Waals surface area contributed by atoms with E-state index in [2.05, 4.69) is 31.2 Å². The first-order valence-corrected chi connectivity index (χ1v) is 5.19. The summed E-state index contributed by atoms with van der Waals surface area (Å²) in [6.45, 7) is 5.32. The van der Waals surface area contributed by atoms with Crippen LogP contribution in [-0.2, 0) is 4.74 Å². The SMILES string of the molecule is CC1CCC(CNCCN(C)C)O1. The predicted octanol–water partition coefficient (Wildman–Crippen LogP) is 0.705. The van der Waals surface area contributed by atoms with Crippen LogP contribution >= 0.6 is 0 Å². The van der Waals surface area contributed by atoms with E-state index in [-0.39, 0.29) is 0 Å². The second kappa shape index (κ2) is 5.58. The molecule has 1 aliphatic rings. The Kier molecular flexibility index (Phi) is 4.70. The molecular formula is C10H22N2O. The molecule has 0 bridgehead atoms. The van der Waals surface area contributed by atoms with Crippen molar-refractivity contribution in [3.63, 3.8) is 0 Å². The molecule has 0 spiro atoms. The van der Waals surface area contributed by atoms with Crippen molar-refractivity contribution in [1.29, 1.82) is 0 Å². The maximum atomic E-state index is 5.69. The zero-order valence-corrected chi connectivity index (χ0v) is 9.05. The number of rotatable bonds is 5. The summed E-state index contributed by atoms with van der Waals surface area (Å²) in [5.74, 6) is 0. The van der Waals surface area contributed by atoms with Crippen molar-refractivity contribution in [2.45, 2.75) is 32.0 Å². The molecule has 0 radical (unpaired) electrons. The second-order valence-corrected chi connectivity index (χ2v) is 4.15. The summed E-state index contributed by atoms with van der Waals surface area (Å²) in [5, 5.41) is 3.41. The fourth-order valence-corrected chi connectivity index (χ4v) is 1.60. The van der Waals surface area contributed by atoms with Gasteiger partial charge in [-0.1, -0.05) is 0 Å². The molecule has 0 aromatic rings. The third-order valence-electron chi connectivity index (χ3n) is 2.43. The van der Waals surface area contributed by atoms with Gasteiger partial charge < -0.3 is 15.0 Å². The van der Waals surface area contributed by atoms with Gasteiger partial charge in [-0.15, -0.1) is 0 Å². The highest BCUT2D eigenvalue weighted by atomic mass is 16.5. The van der Waals surface area contributed by atoms with Gasteiger partial charge in [0.25, 0.3) is 0 Å². The molecule has 2 atom stereocenters. The highest BCUT2D eigenvalue weighted by Crippen LogP contribution is 2.17. The Bertz CT molecular complexity index is 139. The molecular weight excluding hydrogens is 164 g/mol. The average Bonchev–Trinajstić information content (AvgIpc) is 2.45. The van der Waals surface area contributed by atoms with Crippen LogP contribution in [0.15, 0.2) is 0 Å². The third kappa shape index (κ3) is 4.60. The van der Waals surface area contributed by atoms with E-state index in [0.29, 0.717) is 12.2 Å². The quantitative estimate of drug-likeness (QED) is 0.640. The van der Waals surface area contributed by atoms with Gasteiger partial charge >= 0.3 is 0 Å². The van der Waals surface area contributed by atoms with Crippen LogP contribution in [0.1, 0.15) is 19.8 Å². The largest absolute Gasteiger partial charge is 0.374 e. The monoisotopic (exact) mass is 186 g/mol. The molecule has 1 heterocycles. The molecule has 1 rings (SSSR count). The average molecular weight is 186 g/mol. The summed E-state index contributed by atoms with van der Waals surface area (Å²) in [6.07, 6.45) is 3.37. The first-order valence-electron chi connectivity index (χ1n) is 5.19. The molecule has 1 saturated heterocycles. The maximum absolute atomic E-state index is 5.69. The molecule has 1 N–H and O–H groups in total. The highest BCUT2D eigenvalue weighted by Gasteiger charge is 2.20. The molecule has 1 fully saturated rings. The van der Waals surface area contributed by atoms with Gasteiger partial charge in [0.2, 0.25) is 0 Å². The van der Waals surface area contributed by atoms with Gasteiger partial charge in [-0.2, -0.15) is 0 Å². The van der Waals surface area contributed by atoms with Crippen LogP contribution in [0, 0.1) is 0 Å². The van der Waals surface area contributed by atoms with Crippen molar-refractivity contribution in [2.75, 3.05) is 33.7 Å². The molecule has 3 heteroatoms. The Balaban J connectivity index is 1.94. The van der Waals surface area contributed by atoms with Gasteiger partial charge in [-0.25, -0.2) is 0 Å². The van der Waals surface area contributed by atoms with E-state index in [9.17, 15) is 0 Å². The van der Waals surface area contributed by atoms with Crippen LogP contribution in [-0.4, -0.2) is 50.8 Å². The van der Waals surface area contributed by atoms with E-state index in [1.54, 1.807) is 0 Å². The van der Waals surface area contributed by atoms with Crippen LogP contribution in [0.3, 0.4) is 0 Å². The topological polar surface area (TPSA) is 24.5 Å². The van der Waals surface area contributed by atoms with Gasteiger partial charge in [0, 0.05) is 19.6 Å².